The van der Waals surface area contributed by atoms with Crippen LogP contribution in [0.1, 0.15) is 60.8 Å². The standard InChI is InChI=1S/C25H34BrN3O4/c1-24(2,3)15-8-9-19(32-7)28-20(12-15)33-21-14-17(26)16(25(4,5)6)13-18(27-21)29-22(30)10-11-23(29)31/h8-9,12-13,17-18,20H,10-11,14H2,1-7H3. The number of amides is 2. The number of carbonyl (C=O) groups excluding carboxylic acids is 2. The molecular formula is C25H34BrN3O4. The molecule has 3 aliphatic rings. The summed E-state index contributed by atoms with van der Waals surface area (Å²) in [4.78, 5) is 35.5. The minimum atomic E-state index is -0.736. The Labute approximate surface area is 204 Å². The van der Waals surface area contributed by atoms with Gasteiger partial charge in [0.2, 0.25) is 23.9 Å². The molecule has 2 amide bonds. The third-order valence-electron chi connectivity index (χ3n) is 5.83. The highest BCUT2D eigenvalue weighted by Crippen LogP contribution is 2.37. The summed E-state index contributed by atoms with van der Waals surface area (Å²) in [5.41, 5.74) is 1.83. The molecule has 0 aromatic rings. The van der Waals surface area contributed by atoms with Crippen molar-refractivity contribution in [3.8, 4) is 0 Å². The molecular weight excluding hydrogens is 486 g/mol. The molecule has 0 spiro atoms. The SMILES string of the molecule is COC1=NC(OC2=NC(N3C(=O)CCC3=O)C=C(C(C)(C)C)C(Br)C2)C=C(C(C)(C)C)C=C1. The van der Waals surface area contributed by atoms with Crippen LogP contribution >= 0.6 is 15.9 Å². The first-order valence-electron chi connectivity index (χ1n) is 11.3. The molecule has 3 unspecified atom stereocenters. The molecule has 0 saturated carbocycles. The fraction of sp³-hybridized carbons (Fsp3) is 0.600. The predicted octanol–water partition coefficient (Wildman–Crippen LogP) is 4.93. The molecule has 7 nitrogen and oxygen atoms in total. The van der Waals surface area contributed by atoms with Crippen LogP contribution in [-0.2, 0) is 19.1 Å². The number of ether oxygens (including phenoxy) is 2. The molecule has 3 aliphatic heterocycles. The van der Waals surface area contributed by atoms with E-state index in [0.29, 0.717) is 18.2 Å². The number of methoxy groups -OCH3 is 1. The summed E-state index contributed by atoms with van der Waals surface area (Å²) < 4.78 is 11.7. The van der Waals surface area contributed by atoms with E-state index in [-0.39, 0.29) is 40.3 Å². The number of alkyl halides is 1. The van der Waals surface area contributed by atoms with E-state index in [1.54, 1.807) is 7.11 Å². The Balaban J connectivity index is 1.99. The van der Waals surface area contributed by atoms with E-state index in [4.69, 9.17) is 14.5 Å². The van der Waals surface area contributed by atoms with Crippen LogP contribution in [-0.4, -0.2) is 52.8 Å². The number of rotatable bonds is 2. The molecule has 3 atom stereocenters. The monoisotopic (exact) mass is 519 g/mol. The van der Waals surface area contributed by atoms with Crippen LogP contribution < -0.4 is 0 Å². The summed E-state index contributed by atoms with van der Waals surface area (Å²) >= 11 is 3.79. The molecule has 3 heterocycles. The molecule has 33 heavy (non-hydrogen) atoms. The van der Waals surface area contributed by atoms with Gasteiger partial charge in [0.15, 0.2) is 12.1 Å². The van der Waals surface area contributed by atoms with E-state index in [0.717, 1.165) is 11.1 Å². The topological polar surface area (TPSA) is 80.6 Å². The highest BCUT2D eigenvalue weighted by Gasteiger charge is 2.38. The van der Waals surface area contributed by atoms with Gasteiger partial charge in [0.1, 0.15) is 0 Å². The number of allylic oxidation sites excluding steroid dienone is 3. The maximum absolute atomic E-state index is 12.5. The van der Waals surface area contributed by atoms with E-state index in [9.17, 15) is 9.59 Å². The Bertz CT molecular complexity index is 947. The molecule has 1 saturated heterocycles. The predicted molar refractivity (Wildman–Crippen MR) is 133 cm³/mol. The second-order valence-corrected chi connectivity index (χ2v) is 11.6. The summed E-state index contributed by atoms with van der Waals surface area (Å²) in [6.45, 7) is 12.7. The molecule has 0 N–H and O–H groups in total. The van der Waals surface area contributed by atoms with Crippen molar-refractivity contribution in [1.29, 1.82) is 0 Å². The van der Waals surface area contributed by atoms with Crippen molar-refractivity contribution in [1.82, 2.24) is 4.90 Å². The number of nitrogens with zero attached hydrogens (tertiary/aromatic N) is 3. The van der Waals surface area contributed by atoms with Gasteiger partial charge < -0.3 is 9.47 Å². The molecule has 8 heteroatoms. The fourth-order valence-electron chi connectivity index (χ4n) is 3.98. The van der Waals surface area contributed by atoms with Crippen LogP contribution in [0.3, 0.4) is 0 Å². The summed E-state index contributed by atoms with van der Waals surface area (Å²) in [6.07, 6.45) is 7.20. The van der Waals surface area contributed by atoms with Gasteiger partial charge in [-0.05, 0) is 28.6 Å². The largest absolute Gasteiger partial charge is 0.481 e. The van der Waals surface area contributed by atoms with E-state index >= 15 is 0 Å². The lowest BCUT2D eigenvalue weighted by Gasteiger charge is -2.28. The third kappa shape index (κ3) is 6.02. The Hall–Kier alpha value is -2.22. The number of halogens is 1. The lowest BCUT2D eigenvalue weighted by Crippen LogP contribution is -2.38. The zero-order valence-corrected chi connectivity index (χ0v) is 22.1. The van der Waals surface area contributed by atoms with Crippen LogP contribution in [0.15, 0.2) is 45.4 Å². The zero-order valence-electron chi connectivity index (χ0n) is 20.5. The van der Waals surface area contributed by atoms with Crippen LogP contribution in [0, 0.1) is 10.8 Å². The Morgan fingerprint density at radius 1 is 0.970 bits per heavy atom. The number of hydrogen-bond acceptors (Lipinski definition) is 6. The van der Waals surface area contributed by atoms with Gasteiger partial charge in [-0.3, -0.25) is 14.5 Å². The normalized spacial score (nSPS) is 26.8. The van der Waals surface area contributed by atoms with Gasteiger partial charge in [-0.25, -0.2) is 9.98 Å². The number of imide groups is 1. The zero-order chi connectivity index (χ0) is 24.6. The quantitative estimate of drug-likeness (QED) is 0.294. The van der Waals surface area contributed by atoms with Crippen molar-refractivity contribution < 1.29 is 19.1 Å². The highest BCUT2D eigenvalue weighted by atomic mass is 79.9. The van der Waals surface area contributed by atoms with E-state index in [2.05, 4.69) is 62.5 Å². The van der Waals surface area contributed by atoms with E-state index < -0.39 is 12.4 Å². The summed E-state index contributed by atoms with van der Waals surface area (Å²) in [6, 6.07) is 0. The minimum absolute atomic E-state index is 0.0603. The van der Waals surface area contributed by atoms with Crippen LogP contribution in [0.25, 0.3) is 0 Å². The Kier molecular flexibility index (Phi) is 7.36. The van der Waals surface area contributed by atoms with Crippen molar-refractivity contribution in [2.45, 2.75) is 78.0 Å². The Morgan fingerprint density at radius 2 is 1.61 bits per heavy atom. The van der Waals surface area contributed by atoms with Crippen molar-refractivity contribution in [3.05, 3.63) is 35.5 Å². The average molecular weight is 520 g/mol. The van der Waals surface area contributed by atoms with Gasteiger partial charge >= 0.3 is 0 Å². The molecule has 3 rings (SSSR count). The average Bonchev–Trinajstić information content (AvgIpc) is 2.85. The van der Waals surface area contributed by atoms with Gasteiger partial charge in [0.25, 0.3) is 0 Å². The molecule has 0 bridgehead atoms. The van der Waals surface area contributed by atoms with Gasteiger partial charge in [-0.2, -0.15) is 0 Å². The summed E-state index contributed by atoms with van der Waals surface area (Å²) in [7, 11) is 1.57. The summed E-state index contributed by atoms with van der Waals surface area (Å²) in [5, 5.41) is 0. The van der Waals surface area contributed by atoms with Crippen molar-refractivity contribution in [2.24, 2.45) is 20.8 Å². The van der Waals surface area contributed by atoms with E-state index in [1.165, 1.54) is 4.90 Å². The van der Waals surface area contributed by atoms with Crippen molar-refractivity contribution >= 4 is 39.5 Å². The van der Waals surface area contributed by atoms with Crippen LogP contribution in [0.5, 0.6) is 0 Å². The number of carbonyl (C=O) groups is 2. The fourth-order valence-corrected chi connectivity index (χ4v) is 5.10. The number of hydrogen-bond donors (Lipinski definition) is 0. The van der Waals surface area contributed by atoms with Crippen LogP contribution in [0.2, 0.25) is 0 Å². The third-order valence-corrected chi connectivity index (χ3v) is 6.65. The first kappa shape index (κ1) is 25.4. The first-order chi connectivity index (χ1) is 15.3. The molecule has 180 valence electrons. The maximum Gasteiger partial charge on any atom is 0.231 e. The lowest BCUT2D eigenvalue weighted by molar-refractivity contribution is -0.139. The molecule has 0 aromatic heterocycles. The number of aliphatic imine (C=N–C) groups is 2. The van der Waals surface area contributed by atoms with Gasteiger partial charge in [-0.1, -0.05) is 69.1 Å². The second kappa shape index (κ2) is 9.57. The first-order valence-corrected chi connectivity index (χ1v) is 12.2. The molecule has 0 radical (unpaired) electrons. The van der Waals surface area contributed by atoms with Crippen LogP contribution in [0.4, 0.5) is 0 Å². The summed E-state index contributed by atoms with van der Waals surface area (Å²) in [5.74, 6) is 0.466. The Morgan fingerprint density at radius 3 is 2.15 bits per heavy atom. The molecule has 0 aromatic carbocycles. The van der Waals surface area contributed by atoms with Crippen molar-refractivity contribution in [3.63, 3.8) is 0 Å². The van der Waals surface area contributed by atoms with Gasteiger partial charge in [0.05, 0.1) is 7.11 Å². The van der Waals surface area contributed by atoms with E-state index in [1.807, 2.05) is 24.3 Å². The smallest absolute Gasteiger partial charge is 0.231 e. The van der Waals surface area contributed by atoms with Gasteiger partial charge in [0, 0.05) is 30.2 Å². The second-order valence-electron chi connectivity index (χ2n) is 10.5. The number of likely N-dealkylation sites (tertiary alicyclic amines) is 1. The minimum Gasteiger partial charge on any atom is -0.481 e. The molecule has 0 aliphatic carbocycles. The highest BCUT2D eigenvalue weighted by molar-refractivity contribution is 9.09. The molecule has 1 fully saturated rings. The van der Waals surface area contributed by atoms with Gasteiger partial charge in [-0.15, -0.1) is 0 Å². The lowest BCUT2D eigenvalue weighted by atomic mass is 9.83. The maximum atomic E-state index is 12.5. The van der Waals surface area contributed by atoms with Crippen molar-refractivity contribution in [2.75, 3.05) is 7.11 Å².